The zero-order valence-corrected chi connectivity index (χ0v) is 11.7. The van der Waals surface area contributed by atoms with Crippen LogP contribution in [0.4, 0.5) is 13.2 Å². The second-order valence-electron chi connectivity index (χ2n) is 4.95. The molecule has 0 fully saturated rings. The summed E-state index contributed by atoms with van der Waals surface area (Å²) in [6, 6.07) is 8.46. The van der Waals surface area contributed by atoms with Crippen LogP contribution in [0.2, 0.25) is 0 Å². The van der Waals surface area contributed by atoms with Gasteiger partial charge in [0, 0.05) is 24.4 Å². The Morgan fingerprint density at radius 1 is 1.19 bits per heavy atom. The van der Waals surface area contributed by atoms with E-state index in [1.54, 1.807) is 12.3 Å². The van der Waals surface area contributed by atoms with Crippen molar-refractivity contribution in [1.29, 1.82) is 0 Å². The van der Waals surface area contributed by atoms with Crippen LogP contribution in [0.5, 0.6) is 0 Å². The van der Waals surface area contributed by atoms with E-state index in [1.807, 2.05) is 19.1 Å². The lowest BCUT2D eigenvalue weighted by Crippen LogP contribution is -2.15. The number of alkyl halides is 3. The number of pyridine rings is 1. The summed E-state index contributed by atoms with van der Waals surface area (Å²) in [7, 11) is 0. The smallest absolute Gasteiger partial charge is 0.324 e. The number of nitrogens with zero attached hydrogens (tertiary/aromatic N) is 1. The molecule has 1 heterocycles. The molecular weight excluding hydrogens is 277 g/mol. The van der Waals surface area contributed by atoms with Crippen molar-refractivity contribution in [3.8, 4) is 0 Å². The van der Waals surface area contributed by atoms with E-state index in [1.165, 1.54) is 6.07 Å². The van der Waals surface area contributed by atoms with E-state index in [9.17, 15) is 13.2 Å². The number of halogens is 3. The van der Waals surface area contributed by atoms with Crippen molar-refractivity contribution in [1.82, 2.24) is 4.98 Å². The zero-order chi connectivity index (χ0) is 15.5. The van der Waals surface area contributed by atoms with Crippen LogP contribution < -0.4 is 5.73 Å². The quantitative estimate of drug-likeness (QED) is 0.928. The normalized spacial score (nSPS) is 13.2. The molecule has 2 rings (SSSR count). The molecule has 0 amide bonds. The minimum absolute atomic E-state index is 0.408. The molecule has 2 nitrogen and oxygen atoms in total. The Bertz CT molecular complexity index is 591. The molecule has 0 spiro atoms. The van der Waals surface area contributed by atoms with Crippen molar-refractivity contribution >= 4 is 0 Å². The number of hydrogen-bond donors (Lipinski definition) is 1. The summed E-state index contributed by atoms with van der Waals surface area (Å²) in [5.74, 6) is 0. The average molecular weight is 294 g/mol. The highest BCUT2D eigenvalue weighted by molar-refractivity contribution is 5.29. The van der Waals surface area contributed by atoms with Gasteiger partial charge >= 0.3 is 6.18 Å². The van der Waals surface area contributed by atoms with E-state index in [0.29, 0.717) is 12.0 Å². The Hall–Kier alpha value is -1.88. The van der Waals surface area contributed by atoms with E-state index < -0.39 is 17.8 Å². The van der Waals surface area contributed by atoms with E-state index in [0.717, 1.165) is 29.8 Å². The number of benzene rings is 1. The molecule has 21 heavy (non-hydrogen) atoms. The molecule has 0 aliphatic rings. The Balaban J connectivity index is 2.14. The summed E-state index contributed by atoms with van der Waals surface area (Å²) < 4.78 is 38.1. The molecule has 1 unspecified atom stereocenters. The molecule has 5 heteroatoms. The van der Waals surface area contributed by atoms with Crippen LogP contribution >= 0.6 is 0 Å². The van der Waals surface area contributed by atoms with Crippen LogP contribution in [0.25, 0.3) is 0 Å². The Labute approximate surface area is 121 Å². The first-order valence-electron chi connectivity index (χ1n) is 6.76. The maximum Gasteiger partial charge on any atom is 0.416 e. The summed E-state index contributed by atoms with van der Waals surface area (Å²) in [5, 5.41) is 0. The van der Waals surface area contributed by atoms with E-state index in [4.69, 9.17) is 5.73 Å². The number of aromatic nitrogens is 1. The highest BCUT2D eigenvalue weighted by atomic mass is 19.4. The van der Waals surface area contributed by atoms with Crippen LogP contribution in [0.1, 0.15) is 35.3 Å². The molecule has 112 valence electrons. The fourth-order valence-electron chi connectivity index (χ4n) is 2.07. The molecule has 1 aromatic carbocycles. The number of rotatable bonds is 4. The first-order chi connectivity index (χ1) is 9.90. The standard InChI is InChI=1S/C16H17F3N2/c1-2-11-6-7-14(21-10-11)9-15(20)12-4-3-5-13(8-12)16(17,18)19/h3-8,10,15H,2,9,20H2,1H3. The lowest BCUT2D eigenvalue weighted by atomic mass is 10.00. The predicted octanol–water partition coefficient (Wildman–Crippen LogP) is 3.91. The molecule has 0 bridgehead atoms. The Kier molecular flexibility index (Phi) is 4.63. The van der Waals surface area contributed by atoms with Crippen molar-refractivity contribution < 1.29 is 13.2 Å². The first kappa shape index (κ1) is 15.5. The van der Waals surface area contributed by atoms with E-state index in [2.05, 4.69) is 4.98 Å². The predicted molar refractivity (Wildman–Crippen MR) is 75.7 cm³/mol. The van der Waals surface area contributed by atoms with Crippen LogP contribution in [-0.2, 0) is 19.0 Å². The van der Waals surface area contributed by atoms with Gasteiger partial charge in [0.1, 0.15) is 0 Å². The molecule has 1 atom stereocenters. The van der Waals surface area contributed by atoms with Gasteiger partial charge in [0.2, 0.25) is 0 Å². The highest BCUT2D eigenvalue weighted by Gasteiger charge is 2.30. The molecule has 0 saturated heterocycles. The van der Waals surface area contributed by atoms with Gasteiger partial charge in [-0.3, -0.25) is 4.98 Å². The average Bonchev–Trinajstić information content (AvgIpc) is 2.47. The van der Waals surface area contributed by atoms with E-state index in [-0.39, 0.29) is 0 Å². The first-order valence-corrected chi connectivity index (χ1v) is 6.76. The fourth-order valence-corrected chi connectivity index (χ4v) is 2.07. The van der Waals surface area contributed by atoms with Crippen molar-refractivity contribution in [2.75, 3.05) is 0 Å². The molecule has 2 aromatic rings. The van der Waals surface area contributed by atoms with Crippen molar-refractivity contribution in [2.45, 2.75) is 32.0 Å². The molecular formula is C16H17F3N2. The summed E-state index contributed by atoms with van der Waals surface area (Å²) in [6.45, 7) is 2.03. The van der Waals surface area contributed by atoms with Crippen LogP contribution in [0, 0.1) is 0 Å². The largest absolute Gasteiger partial charge is 0.416 e. The molecule has 0 aliphatic heterocycles. The van der Waals surface area contributed by atoms with Crippen LogP contribution in [-0.4, -0.2) is 4.98 Å². The van der Waals surface area contributed by atoms with Gasteiger partial charge in [-0.2, -0.15) is 13.2 Å². The SMILES string of the molecule is CCc1ccc(CC(N)c2cccc(C(F)(F)F)c2)nc1. The molecule has 1 aromatic heterocycles. The monoisotopic (exact) mass is 294 g/mol. The fraction of sp³-hybridized carbons (Fsp3) is 0.312. The van der Waals surface area contributed by atoms with Gasteiger partial charge in [0.15, 0.2) is 0 Å². The zero-order valence-electron chi connectivity index (χ0n) is 11.7. The number of aryl methyl sites for hydroxylation is 1. The minimum atomic E-state index is -4.35. The van der Waals surface area contributed by atoms with Crippen molar-refractivity contribution in [3.05, 3.63) is 65.0 Å². The molecule has 0 radical (unpaired) electrons. The molecule has 0 aliphatic carbocycles. The van der Waals surface area contributed by atoms with Crippen LogP contribution in [0.3, 0.4) is 0 Å². The maximum atomic E-state index is 12.7. The van der Waals surface area contributed by atoms with E-state index >= 15 is 0 Å². The Morgan fingerprint density at radius 2 is 1.95 bits per heavy atom. The number of nitrogens with two attached hydrogens (primary N) is 1. The maximum absolute atomic E-state index is 12.7. The van der Waals surface area contributed by atoms with Gasteiger partial charge in [-0.25, -0.2) is 0 Å². The molecule has 2 N–H and O–H groups in total. The third kappa shape index (κ3) is 4.04. The summed E-state index contributed by atoms with van der Waals surface area (Å²) in [4.78, 5) is 4.28. The van der Waals surface area contributed by atoms with Gasteiger partial charge in [0.05, 0.1) is 5.56 Å². The lowest BCUT2D eigenvalue weighted by molar-refractivity contribution is -0.137. The van der Waals surface area contributed by atoms with Gasteiger partial charge in [0.25, 0.3) is 0 Å². The van der Waals surface area contributed by atoms with Gasteiger partial charge < -0.3 is 5.73 Å². The van der Waals surface area contributed by atoms with Crippen molar-refractivity contribution in [3.63, 3.8) is 0 Å². The second kappa shape index (κ2) is 6.26. The minimum Gasteiger partial charge on any atom is -0.324 e. The summed E-state index contributed by atoms with van der Waals surface area (Å²) in [5.41, 5.74) is 7.68. The third-order valence-electron chi connectivity index (χ3n) is 3.37. The second-order valence-corrected chi connectivity index (χ2v) is 4.95. The van der Waals surface area contributed by atoms with Gasteiger partial charge in [-0.15, -0.1) is 0 Å². The van der Waals surface area contributed by atoms with Gasteiger partial charge in [-0.05, 0) is 35.7 Å². The summed E-state index contributed by atoms with van der Waals surface area (Å²) in [6.07, 6.45) is -1.27. The van der Waals surface area contributed by atoms with Crippen LogP contribution in [0.15, 0.2) is 42.6 Å². The molecule has 0 saturated carbocycles. The Morgan fingerprint density at radius 3 is 2.52 bits per heavy atom. The van der Waals surface area contributed by atoms with Gasteiger partial charge in [-0.1, -0.05) is 25.1 Å². The number of hydrogen-bond acceptors (Lipinski definition) is 2. The third-order valence-corrected chi connectivity index (χ3v) is 3.37. The highest BCUT2D eigenvalue weighted by Crippen LogP contribution is 2.30. The lowest BCUT2D eigenvalue weighted by Gasteiger charge is -2.14. The summed E-state index contributed by atoms with van der Waals surface area (Å²) >= 11 is 0. The topological polar surface area (TPSA) is 38.9 Å². The van der Waals surface area contributed by atoms with Crippen molar-refractivity contribution in [2.24, 2.45) is 5.73 Å².